The van der Waals surface area contributed by atoms with E-state index >= 15 is 0 Å². The van der Waals surface area contributed by atoms with Gasteiger partial charge in [-0.25, -0.2) is 4.39 Å². The summed E-state index contributed by atoms with van der Waals surface area (Å²) in [6.45, 7) is 3.31. The van der Waals surface area contributed by atoms with Crippen molar-refractivity contribution in [2.24, 2.45) is 0 Å². The molecule has 0 aliphatic carbocycles. The number of unbranched alkanes of at least 4 members (excludes halogenated alkanes) is 1. The number of rotatable bonds is 7. The maximum Gasteiger partial charge on any atom is 0.162 e. The van der Waals surface area contributed by atoms with Gasteiger partial charge >= 0.3 is 0 Å². The van der Waals surface area contributed by atoms with Gasteiger partial charge in [0.25, 0.3) is 0 Å². The Kier molecular flexibility index (Phi) is 5.49. The van der Waals surface area contributed by atoms with Gasteiger partial charge in [-0.05, 0) is 38.8 Å². The maximum atomic E-state index is 13.4. The highest BCUT2D eigenvalue weighted by atomic mass is 19.1. The van der Waals surface area contributed by atoms with Gasteiger partial charge in [0, 0.05) is 12.5 Å². The average Bonchev–Trinajstić information content (AvgIpc) is 2.27. The van der Waals surface area contributed by atoms with E-state index in [0.29, 0.717) is 18.8 Å². The van der Waals surface area contributed by atoms with Crippen molar-refractivity contribution in [1.82, 2.24) is 0 Å². The molecule has 0 N–H and O–H groups in total. The van der Waals surface area contributed by atoms with Crippen LogP contribution in [-0.4, -0.2) is 18.2 Å². The highest BCUT2D eigenvalue weighted by molar-refractivity contribution is 5.94. The number of carbonyl (C=O) groups excluding carboxylic acids is 2. The second-order valence-electron chi connectivity index (χ2n) is 4.21. The summed E-state index contributed by atoms with van der Waals surface area (Å²) in [7, 11) is 0. The Labute approximate surface area is 106 Å². The molecule has 0 amide bonds. The van der Waals surface area contributed by atoms with E-state index in [0.717, 1.165) is 12.8 Å². The van der Waals surface area contributed by atoms with Crippen LogP contribution in [0.4, 0.5) is 4.39 Å². The third kappa shape index (κ3) is 4.65. The molecule has 0 atom stereocenters. The summed E-state index contributed by atoms with van der Waals surface area (Å²) in [6, 6.07) is 4.20. The van der Waals surface area contributed by atoms with Gasteiger partial charge in [-0.3, -0.25) is 4.79 Å². The number of hydrogen-bond donors (Lipinski definition) is 0. The largest absolute Gasteiger partial charge is 0.493 e. The minimum atomic E-state index is -0.566. The summed E-state index contributed by atoms with van der Waals surface area (Å²) in [5.74, 6) is -0.309. The van der Waals surface area contributed by atoms with Crippen LogP contribution in [0, 0.1) is 5.82 Å². The number of ketones is 2. The van der Waals surface area contributed by atoms with E-state index in [1.54, 1.807) is 13.0 Å². The molecule has 0 saturated carbocycles. The number of hydrogen-bond acceptors (Lipinski definition) is 3. The Balaban J connectivity index is 2.42. The van der Waals surface area contributed by atoms with Crippen LogP contribution >= 0.6 is 0 Å². The van der Waals surface area contributed by atoms with E-state index in [-0.39, 0.29) is 17.1 Å². The number of ether oxygens (including phenoxy) is 1. The molecular formula is C14H17FO3. The minimum Gasteiger partial charge on any atom is -0.493 e. The Morgan fingerprint density at radius 3 is 2.50 bits per heavy atom. The summed E-state index contributed by atoms with van der Waals surface area (Å²) in [4.78, 5) is 21.7. The number of halogens is 1. The first-order valence-electron chi connectivity index (χ1n) is 5.93. The van der Waals surface area contributed by atoms with Crippen LogP contribution < -0.4 is 4.74 Å². The third-order valence-corrected chi connectivity index (χ3v) is 2.51. The van der Waals surface area contributed by atoms with Crippen molar-refractivity contribution in [3.63, 3.8) is 0 Å². The SMILES string of the molecule is CC(=O)CCCCOc1ccc(C(C)=O)c(F)c1. The van der Waals surface area contributed by atoms with Gasteiger partial charge in [0.2, 0.25) is 0 Å². The van der Waals surface area contributed by atoms with Gasteiger partial charge < -0.3 is 9.53 Å². The molecule has 0 aliphatic heterocycles. The first-order valence-corrected chi connectivity index (χ1v) is 5.93. The molecule has 0 bridgehead atoms. The Morgan fingerprint density at radius 1 is 1.22 bits per heavy atom. The molecule has 18 heavy (non-hydrogen) atoms. The van der Waals surface area contributed by atoms with Crippen molar-refractivity contribution >= 4 is 11.6 Å². The molecule has 1 aromatic rings. The molecule has 1 rings (SSSR count). The van der Waals surface area contributed by atoms with E-state index in [4.69, 9.17) is 4.74 Å². The Bertz CT molecular complexity index is 441. The van der Waals surface area contributed by atoms with E-state index in [1.807, 2.05) is 0 Å². The standard InChI is InChI=1S/C14H17FO3/c1-10(16)5-3-4-8-18-12-6-7-13(11(2)17)14(15)9-12/h6-7,9H,3-5,8H2,1-2H3. The van der Waals surface area contributed by atoms with Crippen LogP contribution in [0.25, 0.3) is 0 Å². The van der Waals surface area contributed by atoms with Crippen molar-refractivity contribution in [2.75, 3.05) is 6.61 Å². The average molecular weight is 252 g/mol. The Morgan fingerprint density at radius 2 is 1.94 bits per heavy atom. The van der Waals surface area contributed by atoms with Gasteiger partial charge in [-0.15, -0.1) is 0 Å². The molecule has 0 aliphatic rings. The maximum absolute atomic E-state index is 13.4. The molecule has 0 unspecified atom stereocenters. The summed E-state index contributed by atoms with van der Waals surface area (Å²) in [5, 5.41) is 0. The topological polar surface area (TPSA) is 43.4 Å². The summed E-state index contributed by atoms with van der Waals surface area (Å²) >= 11 is 0. The van der Waals surface area contributed by atoms with Crippen molar-refractivity contribution in [3.8, 4) is 5.75 Å². The zero-order chi connectivity index (χ0) is 13.5. The zero-order valence-electron chi connectivity index (χ0n) is 10.7. The number of carbonyl (C=O) groups is 2. The lowest BCUT2D eigenvalue weighted by Gasteiger charge is -2.07. The molecule has 0 fully saturated rings. The van der Waals surface area contributed by atoms with E-state index in [9.17, 15) is 14.0 Å². The van der Waals surface area contributed by atoms with Gasteiger partial charge in [-0.2, -0.15) is 0 Å². The molecule has 0 saturated heterocycles. The van der Waals surface area contributed by atoms with Gasteiger partial charge in [0.1, 0.15) is 17.3 Å². The van der Waals surface area contributed by atoms with Crippen LogP contribution in [0.5, 0.6) is 5.75 Å². The highest BCUT2D eigenvalue weighted by Crippen LogP contribution is 2.17. The van der Waals surface area contributed by atoms with E-state index in [1.165, 1.54) is 19.1 Å². The molecule has 0 spiro atoms. The zero-order valence-corrected chi connectivity index (χ0v) is 10.7. The van der Waals surface area contributed by atoms with Crippen molar-refractivity contribution in [2.45, 2.75) is 33.1 Å². The molecule has 0 aromatic heterocycles. The molecule has 0 heterocycles. The lowest BCUT2D eigenvalue weighted by atomic mass is 10.1. The fraction of sp³-hybridized carbons (Fsp3) is 0.429. The summed E-state index contributed by atoms with van der Waals surface area (Å²) in [6.07, 6.45) is 2.06. The third-order valence-electron chi connectivity index (χ3n) is 2.51. The molecule has 1 aromatic carbocycles. The fourth-order valence-corrected chi connectivity index (χ4v) is 1.54. The monoisotopic (exact) mass is 252 g/mol. The lowest BCUT2D eigenvalue weighted by Crippen LogP contribution is -2.01. The van der Waals surface area contributed by atoms with E-state index in [2.05, 4.69) is 0 Å². The number of benzene rings is 1. The molecule has 0 radical (unpaired) electrons. The predicted molar refractivity (Wildman–Crippen MR) is 66.4 cm³/mol. The van der Waals surface area contributed by atoms with Crippen LogP contribution in [-0.2, 0) is 4.79 Å². The smallest absolute Gasteiger partial charge is 0.162 e. The van der Waals surface area contributed by atoms with Crippen LogP contribution in [0.1, 0.15) is 43.5 Å². The predicted octanol–water partition coefficient (Wildman–Crippen LogP) is 3.17. The number of Topliss-reactive ketones (excluding diaryl/α,β-unsaturated/α-hetero) is 2. The fourth-order valence-electron chi connectivity index (χ4n) is 1.54. The molecule has 98 valence electrons. The van der Waals surface area contributed by atoms with Crippen molar-refractivity contribution < 1.29 is 18.7 Å². The molecular weight excluding hydrogens is 235 g/mol. The summed E-state index contributed by atoms with van der Waals surface area (Å²) < 4.78 is 18.8. The first kappa shape index (κ1) is 14.4. The quantitative estimate of drug-likeness (QED) is 0.553. The van der Waals surface area contributed by atoms with Crippen LogP contribution in [0.15, 0.2) is 18.2 Å². The van der Waals surface area contributed by atoms with E-state index < -0.39 is 5.82 Å². The van der Waals surface area contributed by atoms with Crippen molar-refractivity contribution in [3.05, 3.63) is 29.6 Å². The van der Waals surface area contributed by atoms with Gasteiger partial charge in [-0.1, -0.05) is 0 Å². The highest BCUT2D eigenvalue weighted by Gasteiger charge is 2.08. The Hall–Kier alpha value is -1.71. The van der Waals surface area contributed by atoms with Gasteiger partial charge in [0.05, 0.1) is 12.2 Å². The molecule has 4 heteroatoms. The van der Waals surface area contributed by atoms with Crippen LogP contribution in [0.2, 0.25) is 0 Å². The second-order valence-corrected chi connectivity index (χ2v) is 4.21. The first-order chi connectivity index (χ1) is 8.50. The van der Waals surface area contributed by atoms with Crippen molar-refractivity contribution in [1.29, 1.82) is 0 Å². The van der Waals surface area contributed by atoms with Gasteiger partial charge in [0.15, 0.2) is 5.78 Å². The second kappa shape index (κ2) is 6.89. The molecule has 3 nitrogen and oxygen atoms in total. The van der Waals surface area contributed by atoms with Crippen LogP contribution in [0.3, 0.4) is 0 Å². The summed E-state index contributed by atoms with van der Waals surface area (Å²) in [5.41, 5.74) is 0.0685. The lowest BCUT2D eigenvalue weighted by molar-refractivity contribution is -0.117. The minimum absolute atomic E-state index is 0.0685. The normalized spacial score (nSPS) is 10.2.